The lowest BCUT2D eigenvalue weighted by molar-refractivity contribution is 1.31. The maximum absolute atomic E-state index is 4.14. The molecule has 0 spiro atoms. The molecule has 0 aromatic carbocycles. The van der Waals surface area contributed by atoms with Crippen molar-refractivity contribution < 1.29 is 0 Å². The van der Waals surface area contributed by atoms with E-state index in [-0.39, 0.29) is 0 Å². The van der Waals surface area contributed by atoms with Gasteiger partial charge < -0.3 is 0 Å². The summed E-state index contributed by atoms with van der Waals surface area (Å²) < 4.78 is 0.446. The first kappa shape index (κ1) is 7.51. The predicted octanol–water partition coefficient (Wildman–Crippen LogP) is 2.72. The summed E-state index contributed by atoms with van der Waals surface area (Å²) in [7, 11) is 0. The van der Waals surface area contributed by atoms with E-state index in [1.54, 1.807) is 0 Å². The summed E-state index contributed by atoms with van der Waals surface area (Å²) >= 11 is 10.1. The zero-order valence-electron chi connectivity index (χ0n) is 4.59. The molecule has 1 aliphatic rings. The fourth-order valence-corrected chi connectivity index (χ4v) is 5.64. The number of thiol groups is 1. The molecule has 0 aromatic heterocycles. The van der Waals surface area contributed by atoms with Crippen LogP contribution in [0.3, 0.4) is 0 Å². The SMILES string of the molecule is CC1(SCS)SCS1. The lowest BCUT2D eigenvalue weighted by atomic mass is 10.9. The van der Waals surface area contributed by atoms with Gasteiger partial charge in [0.2, 0.25) is 0 Å². The van der Waals surface area contributed by atoms with Gasteiger partial charge >= 0.3 is 0 Å². The first-order chi connectivity index (χ1) is 3.77. The molecule has 1 saturated heterocycles. The Morgan fingerprint density at radius 1 is 1.75 bits per heavy atom. The third-order valence-electron chi connectivity index (χ3n) is 0.969. The molecule has 0 N–H and O–H groups in total. The van der Waals surface area contributed by atoms with Gasteiger partial charge in [0.05, 0.1) is 0 Å². The van der Waals surface area contributed by atoms with Crippen molar-refractivity contribution in [1.29, 1.82) is 0 Å². The third-order valence-corrected chi connectivity index (χ3v) is 6.12. The van der Waals surface area contributed by atoms with Gasteiger partial charge in [-0.15, -0.1) is 35.3 Å². The maximum Gasteiger partial charge on any atom is 0.106 e. The molecule has 0 atom stereocenters. The first-order valence-electron chi connectivity index (χ1n) is 2.29. The lowest BCUT2D eigenvalue weighted by Crippen LogP contribution is -2.18. The standard InChI is InChI=1S/C4H8S4/c1-4(6-2-5)7-3-8-4/h5H,2-3H2,1H3. The molecule has 0 bridgehead atoms. The van der Waals surface area contributed by atoms with Crippen molar-refractivity contribution in [3.8, 4) is 0 Å². The molecular formula is C4H8S4. The van der Waals surface area contributed by atoms with E-state index in [9.17, 15) is 0 Å². The molecule has 1 fully saturated rings. The van der Waals surface area contributed by atoms with Crippen LogP contribution in [-0.2, 0) is 0 Å². The van der Waals surface area contributed by atoms with Gasteiger partial charge in [-0.05, 0) is 6.92 Å². The molecule has 4 heteroatoms. The van der Waals surface area contributed by atoms with Crippen LogP contribution in [0, 0.1) is 0 Å². The van der Waals surface area contributed by atoms with E-state index >= 15 is 0 Å². The van der Waals surface area contributed by atoms with Crippen molar-refractivity contribution in [2.75, 3.05) is 10.2 Å². The summed E-state index contributed by atoms with van der Waals surface area (Å²) in [5.41, 5.74) is 0. The fraction of sp³-hybridized carbons (Fsp3) is 1.00. The van der Waals surface area contributed by atoms with Crippen LogP contribution in [0.25, 0.3) is 0 Å². The van der Waals surface area contributed by atoms with Crippen LogP contribution in [0.5, 0.6) is 0 Å². The van der Waals surface area contributed by atoms with Gasteiger partial charge in [-0.2, -0.15) is 12.6 Å². The van der Waals surface area contributed by atoms with E-state index in [2.05, 4.69) is 19.6 Å². The van der Waals surface area contributed by atoms with Crippen molar-refractivity contribution in [3.63, 3.8) is 0 Å². The predicted molar refractivity (Wildman–Crippen MR) is 49.9 cm³/mol. The van der Waals surface area contributed by atoms with E-state index in [0.29, 0.717) is 3.41 Å². The van der Waals surface area contributed by atoms with Crippen LogP contribution in [0.4, 0.5) is 0 Å². The molecule has 0 amide bonds. The molecule has 1 rings (SSSR count). The van der Waals surface area contributed by atoms with Crippen LogP contribution in [0.1, 0.15) is 6.92 Å². The highest BCUT2D eigenvalue weighted by molar-refractivity contribution is 8.45. The van der Waals surface area contributed by atoms with Gasteiger partial charge in [-0.3, -0.25) is 0 Å². The second kappa shape index (κ2) is 2.99. The minimum Gasteiger partial charge on any atom is -0.168 e. The molecule has 1 heterocycles. The summed E-state index contributed by atoms with van der Waals surface area (Å²) in [5.74, 6) is 0. The van der Waals surface area contributed by atoms with Crippen molar-refractivity contribution in [2.24, 2.45) is 0 Å². The Morgan fingerprint density at radius 2 is 2.38 bits per heavy atom. The van der Waals surface area contributed by atoms with E-state index in [1.165, 1.54) is 5.08 Å². The van der Waals surface area contributed by atoms with Crippen LogP contribution in [0.15, 0.2) is 0 Å². The molecular weight excluding hydrogens is 176 g/mol. The highest BCUT2D eigenvalue weighted by Crippen LogP contribution is 2.57. The van der Waals surface area contributed by atoms with Crippen molar-refractivity contribution in [2.45, 2.75) is 10.3 Å². The molecule has 0 aliphatic carbocycles. The highest BCUT2D eigenvalue weighted by atomic mass is 32.3. The number of hydrogen-bond acceptors (Lipinski definition) is 4. The Balaban J connectivity index is 2.20. The zero-order chi connectivity index (χ0) is 6.04. The van der Waals surface area contributed by atoms with Gasteiger partial charge in [0.15, 0.2) is 0 Å². The Bertz CT molecular complexity index is 78.1. The monoisotopic (exact) mass is 184 g/mol. The minimum atomic E-state index is 0.446. The molecule has 0 radical (unpaired) electrons. The molecule has 48 valence electrons. The average Bonchev–Trinajstić information content (AvgIpc) is 1.64. The van der Waals surface area contributed by atoms with E-state index < -0.39 is 0 Å². The lowest BCUT2D eigenvalue weighted by Gasteiger charge is -2.35. The molecule has 0 saturated carbocycles. The Hall–Kier alpha value is 1.40. The van der Waals surface area contributed by atoms with Gasteiger partial charge in [-0.1, -0.05) is 0 Å². The molecule has 0 nitrogen and oxygen atoms in total. The highest BCUT2D eigenvalue weighted by Gasteiger charge is 2.33. The summed E-state index contributed by atoms with van der Waals surface area (Å²) in [6.07, 6.45) is 0. The normalized spacial score (nSPS) is 24.8. The van der Waals surface area contributed by atoms with Crippen molar-refractivity contribution in [3.05, 3.63) is 0 Å². The number of hydrogen-bond donors (Lipinski definition) is 1. The summed E-state index contributed by atoms with van der Waals surface area (Å²) in [6, 6.07) is 0. The zero-order valence-corrected chi connectivity index (χ0v) is 7.93. The summed E-state index contributed by atoms with van der Waals surface area (Å²) in [5, 5.41) is 2.20. The summed E-state index contributed by atoms with van der Waals surface area (Å²) in [4.78, 5) is 0. The van der Waals surface area contributed by atoms with Gasteiger partial charge in [-0.25, -0.2) is 0 Å². The maximum atomic E-state index is 4.14. The quantitative estimate of drug-likeness (QED) is 0.518. The van der Waals surface area contributed by atoms with Gasteiger partial charge in [0, 0.05) is 10.2 Å². The summed E-state index contributed by atoms with van der Waals surface area (Å²) in [6.45, 7) is 2.26. The fourth-order valence-electron chi connectivity index (χ4n) is 0.425. The molecule has 1 aliphatic heterocycles. The molecule has 0 aromatic rings. The Kier molecular flexibility index (Phi) is 2.81. The Labute approximate surface area is 68.4 Å². The van der Waals surface area contributed by atoms with Gasteiger partial charge in [0.1, 0.15) is 3.41 Å². The average molecular weight is 184 g/mol. The van der Waals surface area contributed by atoms with Crippen LogP contribution >= 0.6 is 47.9 Å². The first-order valence-corrected chi connectivity index (χ1v) is 5.88. The second-order valence-electron chi connectivity index (χ2n) is 1.54. The van der Waals surface area contributed by atoms with E-state index in [4.69, 9.17) is 0 Å². The minimum absolute atomic E-state index is 0.446. The van der Waals surface area contributed by atoms with Gasteiger partial charge in [0.25, 0.3) is 0 Å². The van der Waals surface area contributed by atoms with Crippen LogP contribution in [-0.4, -0.2) is 13.6 Å². The van der Waals surface area contributed by atoms with E-state index in [0.717, 1.165) is 5.08 Å². The van der Waals surface area contributed by atoms with Crippen molar-refractivity contribution in [1.82, 2.24) is 0 Å². The molecule has 0 unspecified atom stereocenters. The Morgan fingerprint density at radius 3 is 2.50 bits per heavy atom. The topological polar surface area (TPSA) is 0 Å². The van der Waals surface area contributed by atoms with Crippen LogP contribution in [0.2, 0.25) is 0 Å². The number of thioether (sulfide) groups is 3. The van der Waals surface area contributed by atoms with E-state index in [1.807, 2.05) is 35.3 Å². The second-order valence-corrected chi connectivity index (χ2v) is 7.61. The van der Waals surface area contributed by atoms with Crippen LogP contribution < -0.4 is 0 Å². The third kappa shape index (κ3) is 1.69. The smallest absolute Gasteiger partial charge is 0.106 e. The molecule has 8 heavy (non-hydrogen) atoms. The van der Waals surface area contributed by atoms with Crippen molar-refractivity contribution >= 4 is 47.9 Å². The largest absolute Gasteiger partial charge is 0.168 e. The number of rotatable bonds is 2.